The van der Waals surface area contributed by atoms with Gasteiger partial charge in [-0.05, 0) is 5.92 Å². The lowest BCUT2D eigenvalue weighted by Crippen LogP contribution is -2.44. The van der Waals surface area contributed by atoms with Crippen LogP contribution in [0.3, 0.4) is 0 Å². The summed E-state index contributed by atoms with van der Waals surface area (Å²) >= 11 is 0. The highest BCUT2D eigenvalue weighted by molar-refractivity contribution is 7.87. The molecule has 0 saturated heterocycles. The van der Waals surface area contributed by atoms with Gasteiger partial charge in [-0.2, -0.15) is 17.4 Å². The Bertz CT molecular complexity index is 261. The van der Waals surface area contributed by atoms with Gasteiger partial charge in [0.2, 0.25) is 0 Å². The van der Waals surface area contributed by atoms with Gasteiger partial charge in [-0.15, -0.1) is 0 Å². The van der Waals surface area contributed by atoms with E-state index in [4.69, 9.17) is 0 Å². The first-order valence-electron chi connectivity index (χ1n) is 5.27. The third-order valence-electron chi connectivity index (χ3n) is 2.29. The molecule has 0 fully saturated rings. The van der Waals surface area contributed by atoms with Gasteiger partial charge in [-0.25, -0.2) is 0 Å². The van der Waals surface area contributed by atoms with Crippen molar-refractivity contribution in [2.24, 2.45) is 5.92 Å². The van der Waals surface area contributed by atoms with Crippen molar-refractivity contribution in [1.29, 1.82) is 0 Å². The van der Waals surface area contributed by atoms with Gasteiger partial charge in [-0.1, -0.05) is 27.7 Å². The summed E-state index contributed by atoms with van der Waals surface area (Å²) in [7, 11) is -3.43. The topological polar surface area (TPSA) is 69.6 Å². The average Bonchev–Trinajstić information content (AvgIpc) is 2.15. The number of aliphatic hydroxyl groups excluding tert-OH is 1. The van der Waals surface area contributed by atoms with Crippen LogP contribution in [-0.2, 0) is 10.2 Å². The summed E-state index contributed by atoms with van der Waals surface area (Å²) in [5.41, 5.74) is 0. The number of aliphatic hydroxyl groups is 1. The van der Waals surface area contributed by atoms with E-state index in [-0.39, 0.29) is 12.5 Å². The fourth-order valence-corrected chi connectivity index (χ4v) is 2.32. The van der Waals surface area contributed by atoms with E-state index in [0.29, 0.717) is 13.1 Å². The second-order valence-electron chi connectivity index (χ2n) is 3.75. The molecule has 0 aromatic carbocycles. The number of nitrogens with one attached hydrogen (secondary N) is 1. The number of nitrogens with zero attached hydrogens (tertiary/aromatic N) is 1. The Labute approximate surface area is 92.7 Å². The van der Waals surface area contributed by atoms with Crippen LogP contribution in [0.2, 0.25) is 0 Å². The highest BCUT2D eigenvalue weighted by Gasteiger charge is 2.20. The van der Waals surface area contributed by atoms with Crippen LogP contribution in [0.15, 0.2) is 0 Å². The lowest BCUT2D eigenvalue weighted by atomic mass is 10.1. The number of rotatable bonds is 7. The third-order valence-corrected chi connectivity index (χ3v) is 4.02. The smallest absolute Gasteiger partial charge is 0.279 e. The second kappa shape index (κ2) is 6.42. The normalized spacial score (nSPS) is 14.9. The van der Waals surface area contributed by atoms with E-state index in [2.05, 4.69) is 4.72 Å². The Kier molecular flexibility index (Phi) is 6.35. The van der Waals surface area contributed by atoms with E-state index in [1.807, 2.05) is 13.8 Å². The van der Waals surface area contributed by atoms with Gasteiger partial charge in [0.1, 0.15) is 0 Å². The molecule has 0 spiro atoms. The van der Waals surface area contributed by atoms with Crippen LogP contribution in [0, 0.1) is 5.92 Å². The maximum absolute atomic E-state index is 11.6. The van der Waals surface area contributed by atoms with Crippen LogP contribution >= 0.6 is 0 Å². The van der Waals surface area contributed by atoms with Crippen LogP contribution in [0.25, 0.3) is 0 Å². The van der Waals surface area contributed by atoms with Crippen molar-refractivity contribution in [1.82, 2.24) is 9.03 Å². The van der Waals surface area contributed by atoms with Gasteiger partial charge in [0, 0.05) is 19.6 Å². The van der Waals surface area contributed by atoms with Gasteiger partial charge in [0.25, 0.3) is 10.2 Å². The number of hydrogen-bond donors (Lipinski definition) is 2. The van der Waals surface area contributed by atoms with Crippen molar-refractivity contribution in [2.45, 2.75) is 33.8 Å². The molecule has 0 radical (unpaired) electrons. The minimum absolute atomic E-state index is 0.0457. The third kappa shape index (κ3) is 4.92. The molecule has 92 valence electrons. The quantitative estimate of drug-likeness (QED) is 0.665. The first-order valence-corrected chi connectivity index (χ1v) is 6.71. The molecule has 0 amide bonds. The van der Waals surface area contributed by atoms with Gasteiger partial charge in [0.15, 0.2) is 0 Å². The Morgan fingerprint density at radius 1 is 1.27 bits per heavy atom. The molecule has 0 heterocycles. The highest BCUT2D eigenvalue weighted by Crippen LogP contribution is 2.01. The van der Waals surface area contributed by atoms with E-state index in [1.54, 1.807) is 13.8 Å². The molecule has 0 bridgehead atoms. The molecule has 1 unspecified atom stereocenters. The predicted molar refractivity (Wildman–Crippen MR) is 60.7 cm³/mol. The summed E-state index contributed by atoms with van der Waals surface area (Å²) in [5.74, 6) is 0.0457. The summed E-state index contributed by atoms with van der Waals surface area (Å²) < 4.78 is 27.0. The highest BCUT2D eigenvalue weighted by atomic mass is 32.2. The molecule has 1 atom stereocenters. The number of hydrogen-bond acceptors (Lipinski definition) is 3. The van der Waals surface area contributed by atoms with Gasteiger partial charge in [-0.3, -0.25) is 0 Å². The summed E-state index contributed by atoms with van der Waals surface area (Å²) in [5, 5.41) is 9.47. The van der Waals surface area contributed by atoms with E-state index >= 15 is 0 Å². The van der Waals surface area contributed by atoms with Crippen LogP contribution in [-0.4, -0.2) is 43.6 Å². The standard InChI is InChI=1S/C9H22N2O3S/c1-5-11(6-2)15(13,14)10-7-9(12)8(3)4/h8-10,12H,5-7H2,1-4H3. The SMILES string of the molecule is CCN(CC)S(=O)(=O)NCC(O)C(C)C. The zero-order chi connectivity index (χ0) is 12.1. The fraction of sp³-hybridized carbons (Fsp3) is 1.00. The van der Waals surface area contributed by atoms with E-state index in [0.717, 1.165) is 0 Å². The van der Waals surface area contributed by atoms with Crippen molar-refractivity contribution in [3.63, 3.8) is 0 Å². The van der Waals surface area contributed by atoms with Crippen molar-refractivity contribution in [3.8, 4) is 0 Å². The van der Waals surface area contributed by atoms with E-state index in [9.17, 15) is 13.5 Å². The van der Waals surface area contributed by atoms with Crippen LogP contribution in [0.5, 0.6) is 0 Å². The first kappa shape index (κ1) is 14.8. The fourth-order valence-electron chi connectivity index (χ4n) is 1.08. The Balaban J connectivity index is 4.27. The lowest BCUT2D eigenvalue weighted by molar-refractivity contribution is 0.129. The van der Waals surface area contributed by atoms with Gasteiger partial charge < -0.3 is 5.11 Å². The molecular weight excluding hydrogens is 216 g/mol. The van der Waals surface area contributed by atoms with Gasteiger partial charge >= 0.3 is 0 Å². The van der Waals surface area contributed by atoms with E-state index in [1.165, 1.54) is 4.31 Å². The molecule has 0 rings (SSSR count). The molecule has 0 aliphatic heterocycles. The summed E-state index contributed by atoms with van der Waals surface area (Å²) in [6.07, 6.45) is -0.643. The minimum Gasteiger partial charge on any atom is -0.391 e. The predicted octanol–water partition coefficient (Wildman–Crippen LogP) is 0.179. The zero-order valence-corrected chi connectivity index (χ0v) is 10.7. The zero-order valence-electron chi connectivity index (χ0n) is 9.90. The molecule has 2 N–H and O–H groups in total. The minimum atomic E-state index is -3.43. The lowest BCUT2D eigenvalue weighted by Gasteiger charge is -2.21. The Morgan fingerprint density at radius 2 is 1.73 bits per heavy atom. The molecule has 15 heavy (non-hydrogen) atoms. The average molecular weight is 238 g/mol. The van der Waals surface area contributed by atoms with Crippen LogP contribution in [0.4, 0.5) is 0 Å². The monoisotopic (exact) mass is 238 g/mol. The van der Waals surface area contributed by atoms with Crippen molar-refractivity contribution in [2.75, 3.05) is 19.6 Å². The maximum Gasteiger partial charge on any atom is 0.279 e. The molecule has 0 saturated carbocycles. The molecular formula is C9H22N2O3S. The second-order valence-corrected chi connectivity index (χ2v) is 5.50. The van der Waals surface area contributed by atoms with E-state index < -0.39 is 16.3 Å². The Morgan fingerprint density at radius 3 is 2.07 bits per heavy atom. The van der Waals surface area contributed by atoms with Crippen LogP contribution < -0.4 is 4.72 Å². The molecule has 0 aromatic heterocycles. The molecule has 0 aromatic rings. The Hall–Kier alpha value is -0.170. The van der Waals surface area contributed by atoms with Crippen molar-refractivity contribution >= 4 is 10.2 Å². The molecule has 6 heteroatoms. The van der Waals surface area contributed by atoms with Crippen molar-refractivity contribution in [3.05, 3.63) is 0 Å². The maximum atomic E-state index is 11.6. The summed E-state index contributed by atoms with van der Waals surface area (Å²) in [6.45, 7) is 8.18. The van der Waals surface area contributed by atoms with Crippen molar-refractivity contribution < 1.29 is 13.5 Å². The summed E-state index contributed by atoms with van der Waals surface area (Å²) in [4.78, 5) is 0. The van der Waals surface area contributed by atoms with Crippen LogP contribution in [0.1, 0.15) is 27.7 Å². The molecule has 0 aliphatic carbocycles. The molecule has 5 nitrogen and oxygen atoms in total. The molecule has 0 aliphatic rings. The first-order chi connectivity index (χ1) is 6.85. The van der Waals surface area contributed by atoms with Gasteiger partial charge in [0.05, 0.1) is 6.10 Å². The summed E-state index contributed by atoms with van der Waals surface area (Å²) in [6, 6.07) is 0. The largest absolute Gasteiger partial charge is 0.391 e.